The van der Waals surface area contributed by atoms with Crippen molar-refractivity contribution in [1.29, 1.82) is 0 Å². The summed E-state index contributed by atoms with van der Waals surface area (Å²) in [5.74, 6) is -2.39. The van der Waals surface area contributed by atoms with Gasteiger partial charge in [-0.1, -0.05) is 18.2 Å². The van der Waals surface area contributed by atoms with Crippen molar-refractivity contribution in [3.63, 3.8) is 0 Å². The molecule has 22 heavy (non-hydrogen) atoms. The molecule has 118 valence electrons. The van der Waals surface area contributed by atoms with Crippen LogP contribution >= 0.6 is 11.6 Å². The summed E-state index contributed by atoms with van der Waals surface area (Å²) in [7, 11) is 1.13. The van der Waals surface area contributed by atoms with Gasteiger partial charge in [0, 0.05) is 11.3 Å². The third-order valence-corrected chi connectivity index (χ3v) is 3.44. The number of benzene rings is 1. The number of methoxy groups -OCH3 is 1. The quantitative estimate of drug-likeness (QED) is 0.751. The van der Waals surface area contributed by atoms with Crippen LogP contribution in [0.2, 0.25) is 0 Å². The molecule has 0 saturated heterocycles. The summed E-state index contributed by atoms with van der Waals surface area (Å²) in [6.45, 7) is 2.93. The molecule has 0 aromatic heterocycles. The lowest BCUT2D eigenvalue weighted by Crippen LogP contribution is -2.28. The van der Waals surface area contributed by atoms with Crippen LogP contribution in [0.15, 0.2) is 41.6 Å². The molecule has 1 aliphatic rings. The summed E-state index contributed by atoms with van der Waals surface area (Å²) in [5, 5.41) is 0.179. The number of ether oxygens (including phenoxy) is 1. The Labute approximate surface area is 129 Å². The zero-order valence-corrected chi connectivity index (χ0v) is 12.3. The van der Waals surface area contributed by atoms with E-state index in [2.05, 4.69) is 11.3 Å². The van der Waals surface area contributed by atoms with E-state index in [9.17, 15) is 17.6 Å². The lowest BCUT2D eigenvalue weighted by atomic mass is 10.1. The maximum atomic E-state index is 13.8. The van der Waals surface area contributed by atoms with Crippen LogP contribution in [0.5, 0.6) is 5.75 Å². The smallest absolute Gasteiger partial charge is 0.256 e. The summed E-state index contributed by atoms with van der Waals surface area (Å²) in [5.41, 5.74) is 0.393. The maximum Gasteiger partial charge on any atom is 0.256 e. The van der Waals surface area contributed by atoms with E-state index in [1.165, 1.54) is 12.2 Å². The Morgan fingerprint density at radius 1 is 1.23 bits per heavy atom. The van der Waals surface area contributed by atoms with Gasteiger partial charge < -0.3 is 9.64 Å². The Morgan fingerprint density at radius 3 is 2.32 bits per heavy atom. The Kier molecular flexibility index (Phi) is 4.81. The molecule has 0 spiro atoms. The highest BCUT2D eigenvalue weighted by Crippen LogP contribution is 2.35. The molecule has 2 rings (SSSR count). The van der Waals surface area contributed by atoms with Gasteiger partial charge in [0.2, 0.25) is 0 Å². The zero-order valence-electron chi connectivity index (χ0n) is 11.5. The molecule has 0 aliphatic carbocycles. The summed E-state index contributed by atoms with van der Waals surface area (Å²) < 4.78 is 57.7. The molecule has 0 unspecified atom stereocenters. The van der Waals surface area contributed by atoms with Gasteiger partial charge in [-0.05, 0) is 24.3 Å². The van der Waals surface area contributed by atoms with Gasteiger partial charge in [0.05, 0.1) is 24.4 Å². The largest absolute Gasteiger partial charge is 0.491 e. The average Bonchev–Trinajstić information content (AvgIpc) is 2.43. The van der Waals surface area contributed by atoms with Crippen molar-refractivity contribution in [2.45, 2.75) is 6.43 Å². The summed E-state index contributed by atoms with van der Waals surface area (Å²) >= 11 is 5.87. The molecule has 0 atom stereocenters. The monoisotopic (exact) mass is 333 g/mol. The molecule has 7 heteroatoms. The van der Waals surface area contributed by atoms with Crippen LogP contribution in [-0.4, -0.2) is 25.0 Å². The molecule has 0 radical (unpaired) electrons. The highest BCUT2D eigenvalue weighted by molar-refractivity contribution is 6.32. The minimum absolute atomic E-state index is 0.0815. The van der Waals surface area contributed by atoms with Crippen LogP contribution in [0.4, 0.5) is 17.6 Å². The predicted octanol–water partition coefficient (Wildman–Crippen LogP) is 4.53. The maximum absolute atomic E-state index is 13.8. The lowest BCUT2D eigenvalue weighted by Gasteiger charge is -2.31. The molecule has 0 saturated carbocycles. The molecule has 2 nitrogen and oxygen atoms in total. The molecule has 0 fully saturated rings. The normalized spacial score (nSPS) is 15.0. The highest BCUT2D eigenvalue weighted by Gasteiger charge is 2.25. The molecular formula is C15H12ClF4NO. The first-order valence-corrected chi connectivity index (χ1v) is 6.58. The Hall–Kier alpha value is -1.95. The van der Waals surface area contributed by atoms with E-state index in [4.69, 9.17) is 11.6 Å². The third kappa shape index (κ3) is 3.11. The zero-order chi connectivity index (χ0) is 16.4. The molecule has 1 aromatic carbocycles. The number of hydrogen-bond donors (Lipinski definition) is 0. The van der Waals surface area contributed by atoms with E-state index in [0.717, 1.165) is 24.1 Å². The van der Waals surface area contributed by atoms with Gasteiger partial charge in [0.1, 0.15) is 0 Å². The number of allylic oxidation sites excluding steroid dienone is 3. The van der Waals surface area contributed by atoms with E-state index in [-0.39, 0.29) is 22.0 Å². The van der Waals surface area contributed by atoms with Crippen molar-refractivity contribution in [1.82, 2.24) is 4.90 Å². The second-order valence-corrected chi connectivity index (χ2v) is 4.90. The number of hydrogen-bond acceptors (Lipinski definition) is 2. The third-order valence-electron chi connectivity index (χ3n) is 3.10. The number of alkyl halides is 2. The van der Waals surface area contributed by atoms with E-state index in [1.54, 1.807) is 0 Å². The summed E-state index contributed by atoms with van der Waals surface area (Å²) in [6.07, 6.45) is 0.164. The van der Waals surface area contributed by atoms with Gasteiger partial charge in [-0.2, -0.15) is 0 Å². The Balaban J connectivity index is 2.51. The summed E-state index contributed by atoms with van der Waals surface area (Å²) in [4.78, 5) is 1.12. The average molecular weight is 334 g/mol. The SMILES string of the molecule is C=C1C(Cl)=CC=C(c2cc(F)c(OC)c(F)c2)N1CC(F)F. The summed E-state index contributed by atoms with van der Waals surface area (Å²) in [6, 6.07) is 2.01. The fourth-order valence-corrected chi connectivity index (χ4v) is 2.28. The fourth-order valence-electron chi connectivity index (χ4n) is 2.11. The van der Waals surface area contributed by atoms with Crippen LogP contribution in [0.25, 0.3) is 5.70 Å². The predicted molar refractivity (Wildman–Crippen MR) is 76.7 cm³/mol. The highest BCUT2D eigenvalue weighted by atomic mass is 35.5. The topological polar surface area (TPSA) is 12.5 Å². The molecule has 1 aromatic rings. The molecular weight excluding hydrogens is 322 g/mol. The van der Waals surface area contributed by atoms with Crippen molar-refractivity contribution >= 4 is 17.3 Å². The fraction of sp³-hybridized carbons (Fsp3) is 0.200. The molecule has 0 amide bonds. The number of halogens is 5. The first-order valence-electron chi connectivity index (χ1n) is 6.21. The van der Waals surface area contributed by atoms with Crippen molar-refractivity contribution in [2.24, 2.45) is 0 Å². The second kappa shape index (κ2) is 6.44. The van der Waals surface area contributed by atoms with Crippen LogP contribution in [0, 0.1) is 11.6 Å². The number of rotatable bonds is 4. The van der Waals surface area contributed by atoms with Crippen LogP contribution in [0.3, 0.4) is 0 Å². The van der Waals surface area contributed by atoms with Crippen LogP contribution in [-0.2, 0) is 0 Å². The van der Waals surface area contributed by atoms with Crippen LogP contribution < -0.4 is 4.74 Å². The van der Waals surface area contributed by atoms with E-state index in [1.807, 2.05) is 0 Å². The van der Waals surface area contributed by atoms with Gasteiger partial charge in [-0.15, -0.1) is 0 Å². The molecule has 1 aliphatic heterocycles. The Bertz CT molecular complexity index is 647. The van der Waals surface area contributed by atoms with Crippen molar-refractivity contribution in [2.75, 3.05) is 13.7 Å². The van der Waals surface area contributed by atoms with Gasteiger partial charge in [-0.25, -0.2) is 17.6 Å². The van der Waals surface area contributed by atoms with E-state index >= 15 is 0 Å². The van der Waals surface area contributed by atoms with Gasteiger partial charge in [0.15, 0.2) is 17.4 Å². The van der Waals surface area contributed by atoms with E-state index in [0.29, 0.717) is 0 Å². The minimum atomic E-state index is -2.67. The van der Waals surface area contributed by atoms with Crippen molar-refractivity contribution in [3.05, 3.63) is 58.8 Å². The first kappa shape index (κ1) is 16.4. The molecule has 0 bridgehead atoms. The van der Waals surface area contributed by atoms with Gasteiger partial charge >= 0.3 is 0 Å². The second-order valence-electron chi connectivity index (χ2n) is 4.49. The lowest BCUT2D eigenvalue weighted by molar-refractivity contribution is 0.123. The Morgan fingerprint density at radius 2 is 1.82 bits per heavy atom. The van der Waals surface area contributed by atoms with Crippen molar-refractivity contribution in [3.8, 4) is 5.75 Å². The standard InChI is InChI=1S/C15H12ClF4NO/c1-8-10(16)3-4-13(21(8)7-14(19)20)9-5-11(17)15(22-2)12(18)6-9/h3-6,14H,1,7H2,2H3. The number of nitrogens with zero attached hydrogens (tertiary/aromatic N) is 1. The van der Waals surface area contributed by atoms with Crippen molar-refractivity contribution < 1.29 is 22.3 Å². The molecule has 0 N–H and O–H groups in total. The first-order chi connectivity index (χ1) is 10.3. The van der Waals surface area contributed by atoms with E-state index < -0.39 is 30.4 Å². The van der Waals surface area contributed by atoms with Gasteiger partial charge in [-0.3, -0.25) is 0 Å². The van der Waals surface area contributed by atoms with Gasteiger partial charge in [0.25, 0.3) is 6.43 Å². The molecule has 1 heterocycles. The van der Waals surface area contributed by atoms with Crippen LogP contribution in [0.1, 0.15) is 5.56 Å². The minimum Gasteiger partial charge on any atom is -0.491 e.